The molecule has 17 heavy (non-hydrogen) atoms. The van der Waals surface area contributed by atoms with Crippen LogP contribution >= 0.6 is 0 Å². The van der Waals surface area contributed by atoms with Crippen LogP contribution in [-0.2, 0) is 0 Å². The second kappa shape index (κ2) is 5.68. The summed E-state index contributed by atoms with van der Waals surface area (Å²) in [5.74, 6) is 0.879. The van der Waals surface area contributed by atoms with E-state index in [-0.39, 0.29) is 0 Å². The van der Waals surface area contributed by atoms with Gasteiger partial charge in [-0.05, 0) is 71.2 Å². The Morgan fingerprint density at radius 2 is 1.88 bits per heavy atom. The number of hydrogen-bond acceptors (Lipinski definition) is 3. The summed E-state index contributed by atoms with van der Waals surface area (Å²) in [6.07, 6.45) is 6.98. The molecule has 1 aliphatic heterocycles. The fourth-order valence-corrected chi connectivity index (χ4v) is 3.98. The second-order valence-electron chi connectivity index (χ2n) is 6.15. The summed E-state index contributed by atoms with van der Waals surface area (Å²) in [5.41, 5.74) is 0.546. The first-order valence-corrected chi connectivity index (χ1v) is 7.22. The van der Waals surface area contributed by atoms with E-state index in [1.165, 1.54) is 51.7 Å². The predicted octanol–water partition coefficient (Wildman–Crippen LogP) is 1.31. The van der Waals surface area contributed by atoms with E-state index < -0.39 is 0 Å². The molecule has 3 nitrogen and oxygen atoms in total. The van der Waals surface area contributed by atoms with Gasteiger partial charge in [0.2, 0.25) is 0 Å². The van der Waals surface area contributed by atoms with Crippen LogP contribution in [-0.4, -0.2) is 51.7 Å². The van der Waals surface area contributed by atoms with Crippen molar-refractivity contribution in [2.45, 2.75) is 38.1 Å². The maximum Gasteiger partial charge on any atom is 0.0162 e. The van der Waals surface area contributed by atoms with Gasteiger partial charge in [-0.2, -0.15) is 0 Å². The molecule has 1 atom stereocenters. The summed E-state index contributed by atoms with van der Waals surface area (Å²) in [4.78, 5) is 2.47. The van der Waals surface area contributed by atoms with Crippen molar-refractivity contribution in [1.82, 2.24) is 15.5 Å². The normalized spacial score (nSPS) is 27.7. The Bertz CT molecular complexity index is 230. The number of hydrogen-bond donors (Lipinski definition) is 2. The molecular formula is C14H29N3. The molecule has 0 radical (unpaired) electrons. The Kier molecular flexibility index (Phi) is 4.45. The Hall–Kier alpha value is -0.120. The van der Waals surface area contributed by atoms with Gasteiger partial charge >= 0.3 is 0 Å². The SMILES string of the molecule is CNCC1(C(NC)C2CCN(C)CC2)CCC1. The van der Waals surface area contributed by atoms with E-state index >= 15 is 0 Å². The van der Waals surface area contributed by atoms with E-state index in [0.29, 0.717) is 5.41 Å². The van der Waals surface area contributed by atoms with E-state index in [4.69, 9.17) is 0 Å². The van der Waals surface area contributed by atoms with E-state index in [9.17, 15) is 0 Å². The molecule has 2 fully saturated rings. The van der Waals surface area contributed by atoms with Crippen LogP contribution in [0.1, 0.15) is 32.1 Å². The first-order chi connectivity index (χ1) is 8.22. The van der Waals surface area contributed by atoms with Gasteiger partial charge in [0.25, 0.3) is 0 Å². The third-order valence-corrected chi connectivity index (χ3v) is 5.08. The summed E-state index contributed by atoms with van der Waals surface area (Å²) in [5, 5.41) is 7.08. The maximum atomic E-state index is 3.66. The van der Waals surface area contributed by atoms with Gasteiger partial charge in [0, 0.05) is 12.6 Å². The Morgan fingerprint density at radius 3 is 2.29 bits per heavy atom. The van der Waals surface area contributed by atoms with Crippen LogP contribution in [0.15, 0.2) is 0 Å². The average molecular weight is 239 g/mol. The zero-order valence-corrected chi connectivity index (χ0v) is 11.8. The van der Waals surface area contributed by atoms with Crippen molar-refractivity contribution < 1.29 is 0 Å². The van der Waals surface area contributed by atoms with Crippen molar-refractivity contribution in [3.63, 3.8) is 0 Å². The monoisotopic (exact) mass is 239 g/mol. The van der Waals surface area contributed by atoms with Gasteiger partial charge in [0.05, 0.1) is 0 Å². The number of nitrogens with zero attached hydrogens (tertiary/aromatic N) is 1. The quantitative estimate of drug-likeness (QED) is 0.757. The summed E-state index contributed by atoms with van der Waals surface area (Å²) < 4.78 is 0. The third-order valence-electron chi connectivity index (χ3n) is 5.08. The molecule has 3 heteroatoms. The Morgan fingerprint density at radius 1 is 1.24 bits per heavy atom. The van der Waals surface area contributed by atoms with E-state index in [1.807, 2.05) is 0 Å². The van der Waals surface area contributed by atoms with Crippen LogP contribution in [0.2, 0.25) is 0 Å². The highest BCUT2D eigenvalue weighted by molar-refractivity contribution is 5.01. The van der Waals surface area contributed by atoms with Crippen molar-refractivity contribution in [2.24, 2.45) is 11.3 Å². The molecule has 1 saturated carbocycles. The fraction of sp³-hybridized carbons (Fsp3) is 1.00. The molecule has 100 valence electrons. The Balaban J connectivity index is 1.99. The van der Waals surface area contributed by atoms with Crippen LogP contribution in [0.25, 0.3) is 0 Å². The summed E-state index contributed by atoms with van der Waals surface area (Å²) in [6, 6.07) is 0.720. The van der Waals surface area contributed by atoms with Gasteiger partial charge < -0.3 is 15.5 Å². The predicted molar refractivity (Wildman–Crippen MR) is 73.3 cm³/mol. The lowest BCUT2D eigenvalue weighted by atomic mass is 9.60. The molecule has 1 aliphatic carbocycles. The fourth-order valence-electron chi connectivity index (χ4n) is 3.98. The lowest BCUT2D eigenvalue weighted by molar-refractivity contribution is 0.0285. The lowest BCUT2D eigenvalue weighted by Crippen LogP contribution is -2.57. The highest BCUT2D eigenvalue weighted by Crippen LogP contribution is 2.47. The Labute approximate surface area is 106 Å². The standard InChI is InChI=1S/C14H29N3/c1-15-11-14(7-4-8-14)13(16-2)12-5-9-17(3)10-6-12/h12-13,15-16H,4-11H2,1-3H3. The van der Waals surface area contributed by atoms with Crippen molar-refractivity contribution in [2.75, 3.05) is 40.8 Å². The molecule has 1 saturated heterocycles. The van der Waals surface area contributed by atoms with Crippen molar-refractivity contribution in [3.05, 3.63) is 0 Å². The van der Waals surface area contributed by atoms with Gasteiger partial charge in [-0.15, -0.1) is 0 Å². The van der Waals surface area contributed by atoms with Crippen LogP contribution in [0.3, 0.4) is 0 Å². The first kappa shape index (κ1) is 13.3. The molecule has 0 spiro atoms. The van der Waals surface area contributed by atoms with E-state index in [0.717, 1.165) is 12.0 Å². The zero-order valence-electron chi connectivity index (χ0n) is 11.8. The highest BCUT2D eigenvalue weighted by atomic mass is 15.1. The maximum absolute atomic E-state index is 3.66. The minimum Gasteiger partial charge on any atom is -0.319 e. The largest absolute Gasteiger partial charge is 0.319 e. The van der Waals surface area contributed by atoms with E-state index in [2.05, 4.69) is 36.7 Å². The zero-order chi connectivity index (χ0) is 12.3. The summed E-state index contributed by atoms with van der Waals surface area (Å²) >= 11 is 0. The number of piperidine rings is 1. The summed E-state index contributed by atoms with van der Waals surface area (Å²) in [6.45, 7) is 3.74. The van der Waals surface area contributed by atoms with Crippen LogP contribution in [0.5, 0.6) is 0 Å². The highest BCUT2D eigenvalue weighted by Gasteiger charge is 2.46. The first-order valence-electron chi connectivity index (χ1n) is 7.22. The average Bonchev–Trinajstić information content (AvgIpc) is 2.29. The van der Waals surface area contributed by atoms with Crippen LogP contribution in [0, 0.1) is 11.3 Å². The number of nitrogens with one attached hydrogen (secondary N) is 2. The molecule has 0 aromatic heterocycles. The molecule has 1 unspecified atom stereocenters. The van der Waals surface area contributed by atoms with Crippen molar-refractivity contribution >= 4 is 0 Å². The molecule has 2 N–H and O–H groups in total. The number of rotatable bonds is 5. The minimum absolute atomic E-state index is 0.546. The molecule has 0 aromatic carbocycles. The van der Waals surface area contributed by atoms with Crippen LogP contribution in [0.4, 0.5) is 0 Å². The molecule has 0 amide bonds. The summed E-state index contributed by atoms with van der Waals surface area (Å²) in [7, 11) is 6.51. The van der Waals surface area contributed by atoms with Crippen molar-refractivity contribution in [1.29, 1.82) is 0 Å². The molecule has 1 heterocycles. The van der Waals surface area contributed by atoms with Gasteiger partial charge in [-0.3, -0.25) is 0 Å². The molecule has 2 aliphatic rings. The lowest BCUT2D eigenvalue weighted by Gasteiger charge is -2.52. The third kappa shape index (κ3) is 2.67. The molecular weight excluding hydrogens is 210 g/mol. The van der Waals surface area contributed by atoms with Gasteiger partial charge in [0.1, 0.15) is 0 Å². The van der Waals surface area contributed by atoms with Gasteiger partial charge in [-0.25, -0.2) is 0 Å². The van der Waals surface area contributed by atoms with Gasteiger partial charge in [-0.1, -0.05) is 6.42 Å². The molecule has 2 rings (SSSR count). The smallest absolute Gasteiger partial charge is 0.0162 e. The van der Waals surface area contributed by atoms with Gasteiger partial charge in [0.15, 0.2) is 0 Å². The molecule has 0 bridgehead atoms. The van der Waals surface area contributed by atoms with E-state index in [1.54, 1.807) is 0 Å². The second-order valence-corrected chi connectivity index (χ2v) is 6.15. The molecule has 0 aromatic rings. The van der Waals surface area contributed by atoms with Crippen LogP contribution < -0.4 is 10.6 Å². The van der Waals surface area contributed by atoms with Crippen molar-refractivity contribution in [3.8, 4) is 0 Å². The number of likely N-dealkylation sites (tertiary alicyclic amines) is 1. The minimum atomic E-state index is 0.546. The topological polar surface area (TPSA) is 27.3 Å².